The van der Waals surface area contributed by atoms with Crippen molar-refractivity contribution < 1.29 is 14.7 Å². The number of aromatic carboxylic acids is 1. The molecule has 0 saturated heterocycles. The number of hydrogen-bond donors (Lipinski definition) is 1. The summed E-state index contributed by atoms with van der Waals surface area (Å²) >= 11 is 6.27. The van der Waals surface area contributed by atoms with Crippen molar-refractivity contribution in [3.05, 3.63) is 88.2 Å². The van der Waals surface area contributed by atoms with Crippen LogP contribution in [-0.4, -0.2) is 31.6 Å². The van der Waals surface area contributed by atoms with Crippen LogP contribution >= 0.6 is 11.6 Å². The van der Waals surface area contributed by atoms with Crippen LogP contribution in [0.2, 0.25) is 5.02 Å². The van der Waals surface area contributed by atoms with E-state index in [0.717, 1.165) is 5.56 Å². The second-order valence-electron chi connectivity index (χ2n) is 6.25. The number of fused-ring (bicyclic) bond motifs is 1. The first-order valence-corrected chi connectivity index (χ1v) is 8.82. The van der Waals surface area contributed by atoms with Gasteiger partial charge in [0, 0.05) is 11.8 Å². The van der Waals surface area contributed by atoms with Crippen molar-refractivity contribution in [3.63, 3.8) is 0 Å². The summed E-state index contributed by atoms with van der Waals surface area (Å²) in [5.74, 6) is -1.30. The van der Waals surface area contributed by atoms with Gasteiger partial charge >= 0.3 is 5.97 Å². The number of aryl methyl sites for hydroxylation is 1. The Labute approximate surface area is 165 Å². The molecule has 0 fully saturated rings. The fourth-order valence-electron chi connectivity index (χ4n) is 3.08. The lowest BCUT2D eigenvalue weighted by Gasteiger charge is -2.05. The maximum absolute atomic E-state index is 13.2. The van der Waals surface area contributed by atoms with Crippen LogP contribution in [0.1, 0.15) is 32.0 Å². The first kappa shape index (κ1) is 17.9. The minimum Gasteiger partial charge on any atom is -0.478 e. The molecular weight excluding hydrogens is 378 g/mol. The van der Waals surface area contributed by atoms with Crippen molar-refractivity contribution in [2.24, 2.45) is 0 Å². The van der Waals surface area contributed by atoms with Crippen LogP contribution in [0.3, 0.4) is 0 Å². The predicted molar refractivity (Wildman–Crippen MR) is 105 cm³/mol. The molecule has 0 aliphatic carbocycles. The molecule has 4 aromatic rings. The van der Waals surface area contributed by atoms with Crippen molar-refractivity contribution >= 4 is 34.4 Å². The quantitative estimate of drug-likeness (QED) is 0.524. The fraction of sp³-hybridized carbons (Fsp3) is 0.0476. The molecule has 4 rings (SSSR count). The van der Waals surface area contributed by atoms with Gasteiger partial charge in [0.2, 0.25) is 5.78 Å². The maximum Gasteiger partial charge on any atom is 0.335 e. The van der Waals surface area contributed by atoms with Crippen molar-refractivity contribution in [1.82, 2.24) is 14.8 Å². The highest BCUT2D eigenvalue weighted by atomic mass is 35.5. The summed E-state index contributed by atoms with van der Waals surface area (Å²) in [6, 6.07) is 15.0. The van der Waals surface area contributed by atoms with Gasteiger partial charge in [-0.2, -0.15) is 5.10 Å². The third kappa shape index (κ3) is 2.93. The van der Waals surface area contributed by atoms with Crippen molar-refractivity contribution in [1.29, 1.82) is 0 Å². The summed E-state index contributed by atoms with van der Waals surface area (Å²) in [6.45, 7) is 1.82. The van der Waals surface area contributed by atoms with E-state index in [9.17, 15) is 9.59 Å². The van der Waals surface area contributed by atoms with E-state index in [2.05, 4.69) is 10.1 Å². The van der Waals surface area contributed by atoms with E-state index in [0.29, 0.717) is 27.3 Å². The summed E-state index contributed by atoms with van der Waals surface area (Å²) < 4.78 is 1.53. The number of carboxylic acids is 1. The normalized spacial score (nSPS) is 10.9. The van der Waals surface area contributed by atoms with E-state index in [1.165, 1.54) is 16.8 Å². The monoisotopic (exact) mass is 391 g/mol. The maximum atomic E-state index is 13.2. The Morgan fingerprint density at radius 3 is 2.46 bits per heavy atom. The summed E-state index contributed by atoms with van der Waals surface area (Å²) in [5.41, 5.74) is 2.66. The van der Waals surface area contributed by atoms with Gasteiger partial charge in [0.25, 0.3) is 0 Å². The lowest BCUT2D eigenvalue weighted by atomic mass is 10.0. The number of halogens is 1. The van der Waals surface area contributed by atoms with Gasteiger partial charge in [-0.15, -0.1) is 0 Å². The van der Waals surface area contributed by atoms with Gasteiger partial charge in [0.05, 0.1) is 21.7 Å². The van der Waals surface area contributed by atoms with Crippen LogP contribution in [0.25, 0.3) is 16.7 Å². The van der Waals surface area contributed by atoms with Crippen molar-refractivity contribution in [2.45, 2.75) is 6.92 Å². The number of hydrogen-bond acceptors (Lipinski definition) is 4. The zero-order chi connectivity index (χ0) is 19.8. The molecule has 6 nitrogen and oxygen atoms in total. The Hall–Kier alpha value is -3.51. The third-order valence-corrected chi connectivity index (χ3v) is 4.78. The number of carbonyl (C=O) groups excluding carboxylic acids is 1. The molecule has 0 amide bonds. The summed E-state index contributed by atoms with van der Waals surface area (Å²) in [7, 11) is 0. The molecule has 0 aliphatic rings. The van der Waals surface area contributed by atoms with E-state index in [1.54, 1.807) is 42.6 Å². The molecule has 0 saturated carbocycles. The van der Waals surface area contributed by atoms with Gasteiger partial charge in [-0.05, 0) is 55.0 Å². The molecule has 0 unspecified atom stereocenters. The molecule has 0 aliphatic heterocycles. The summed E-state index contributed by atoms with van der Waals surface area (Å²) in [6.07, 6.45) is 1.61. The molecule has 28 heavy (non-hydrogen) atoms. The van der Waals surface area contributed by atoms with Crippen LogP contribution in [0.5, 0.6) is 0 Å². The largest absolute Gasteiger partial charge is 0.478 e. The van der Waals surface area contributed by atoms with Gasteiger partial charge in [0.1, 0.15) is 5.69 Å². The lowest BCUT2D eigenvalue weighted by Crippen LogP contribution is -2.07. The molecule has 2 heterocycles. The standard InChI is InChI=1S/C21H14ClN3O3/c1-12-4-2-6-16(22)17(12)19(26)18-15-5-3-11-23-20(15)25(24-18)14-9-7-13(8-10-14)21(27)28/h2-11H,1H3,(H,27,28). The Kier molecular flexibility index (Phi) is 4.41. The minimum atomic E-state index is -1.01. The molecule has 1 N–H and O–H groups in total. The van der Waals surface area contributed by atoms with E-state index < -0.39 is 5.97 Å². The number of carbonyl (C=O) groups is 2. The molecule has 0 bridgehead atoms. The van der Waals surface area contributed by atoms with Crippen molar-refractivity contribution in [2.75, 3.05) is 0 Å². The van der Waals surface area contributed by atoms with Gasteiger partial charge in [-0.1, -0.05) is 23.7 Å². The number of pyridine rings is 1. The van der Waals surface area contributed by atoms with Crippen LogP contribution in [0.4, 0.5) is 0 Å². The fourth-order valence-corrected chi connectivity index (χ4v) is 3.39. The smallest absolute Gasteiger partial charge is 0.335 e. The number of ketones is 1. The van der Waals surface area contributed by atoms with Gasteiger partial charge in [-0.25, -0.2) is 14.5 Å². The van der Waals surface area contributed by atoms with Crippen LogP contribution < -0.4 is 0 Å². The molecule has 0 spiro atoms. The SMILES string of the molecule is Cc1cccc(Cl)c1C(=O)c1nn(-c2ccc(C(=O)O)cc2)c2ncccc12. The number of nitrogens with zero attached hydrogens (tertiary/aromatic N) is 3. The molecule has 2 aromatic carbocycles. The van der Waals surface area contributed by atoms with Crippen molar-refractivity contribution in [3.8, 4) is 5.69 Å². The van der Waals surface area contributed by atoms with E-state index in [-0.39, 0.29) is 17.0 Å². The average Bonchev–Trinajstić information content (AvgIpc) is 3.07. The van der Waals surface area contributed by atoms with Gasteiger partial charge < -0.3 is 5.11 Å². The Morgan fingerprint density at radius 1 is 1.04 bits per heavy atom. The molecule has 7 heteroatoms. The van der Waals surface area contributed by atoms with Gasteiger partial charge in [-0.3, -0.25) is 4.79 Å². The third-order valence-electron chi connectivity index (χ3n) is 4.47. The first-order valence-electron chi connectivity index (χ1n) is 8.44. The van der Waals surface area contributed by atoms with E-state index >= 15 is 0 Å². The number of carboxylic acid groups (broad SMARTS) is 1. The number of aromatic nitrogens is 3. The van der Waals surface area contributed by atoms with E-state index in [4.69, 9.17) is 16.7 Å². The molecule has 0 atom stereocenters. The first-order chi connectivity index (χ1) is 13.5. The highest BCUT2D eigenvalue weighted by molar-refractivity contribution is 6.35. The van der Waals surface area contributed by atoms with Crippen LogP contribution in [0, 0.1) is 6.92 Å². The van der Waals surface area contributed by atoms with Crippen LogP contribution in [0.15, 0.2) is 60.8 Å². The average molecular weight is 392 g/mol. The topological polar surface area (TPSA) is 85.1 Å². The second kappa shape index (κ2) is 6.90. The zero-order valence-electron chi connectivity index (χ0n) is 14.8. The molecule has 2 aromatic heterocycles. The summed E-state index contributed by atoms with van der Waals surface area (Å²) in [4.78, 5) is 28.7. The Bertz CT molecular complexity index is 1210. The highest BCUT2D eigenvalue weighted by Gasteiger charge is 2.23. The number of benzene rings is 2. The zero-order valence-corrected chi connectivity index (χ0v) is 15.5. The second-order valence-corrected chi connectivity index (χ2v) is 6.66. The van der Waals surface area contributed by atoms with Gasteiger partial charge in [0.15, 0.2) is 5.65 Å². The molecule has 0 radical (unpaired) electrons. The molecular formula is C21H14ClN3O3. The predicted octanol–water partition coefficient (Wildman–Crippen LogP) is 4.31. The molecule has 138 valence electrons. The van der Waals surface area contributed by atoms with E-state index in [1.807, 2.05) is 13.0 Å². The summed E-state index contributed by atoms with van der Waals surface area (Å²) in [5, 5.41) is 14.5. The highest BCUT2D eigenvalue weighted by Crippen LogP contribution is 2.27. The Balaban J connectivity index is 1.90. The number of rotatable bonds is 4. The van der Waals surface area contributed by atoms with Crippen LogP contribution in [-0.2, 0) is 0 Å². The minimum absolute atomic E-state index is 0.163. The Morgan fingerprint density at radius 2 is 1.79 bits per heavy atom. The lowest BCUT2D eigenvalue weighted by molar-refractivity contribution is 0.0696.